The standard InChI is InChI=1S/C17H23ClN2O3/c1-11(20-16(21)23-17(2,3)4)9-19-10-13-12-7-5-6-8-14(12)22-15(13)18/h5-8,11,19H,9-10H2,1-4H3,(H,20,21). The van der Waals surface area contributed by atoms with Crippen LogP contribution in [0.5, 0.6) is 0 Å². The lowest BCUT2D eigenvalue weighted by atomic mass is 10.2. The number of hydrogen-bond acceptors (Lipinski definition) is 4. The summed E-state index contributed by atoms with van der Waals surface area (Å²) >= 11 is 6.14. The molecule has 0 aliphatic rings. The largest absolute Gasteiger partial charge is 0.444 e. The fraction of sp³-hybridized carbons (Fsp3) is 0.471. The van der Waals surface area contributed by atoms with Crippen molar-refractivity contribution in [3.63, 3.8) is 0 Å². The fourth-order valence-electron chi connectivity index (χ4n) is 2.21. The van der Waals surface area contributed by atoms with E-state index in [2.05, 4.69) is 10.6 Å². The molecule has 5 nitrogen and oxygen atoms in total. The van der Waals surface area contributed by atoms with Crippen LogP contribution in [-0.4, -0.2) is 24.3 Å². The molecule has 0 aliphatic carbocycles. The lowest BCUT2D eigenvalue weighted by Gasteiger charge is -2.22. The number of rotatable bonds is 5. The molecule has 0 saturated heterocycles. The first-order valence-corrected chi connectivity index (χ1v) is 8.00. The van der Waals surface area contributed by atoms with Gasteiger partial charge in [-0.2, -0.15) is 0 Å². The van der Waals surface area contributed by atoms with Gasteiger partial charge in [-0.25, -0.2) is 4.79 Å². The summed E-state index contributed by atoms with van der Waals surface area (Å²) < 4.78 is 10.7. The highest BCUT2D eigenvalue weighted by Crippen LogP contribution is 2.29. The quantitative estimate of drug-likeness (QED) is 0.862. The van der Waals surface area contributed by atoms with Crippen LogP contribution in [0, 0.1) is 0 Å². The third kappa shape index (κ3) is 5.15. The van der Waals surface area contributed by atoms with Crippen molar-refractivity contribution in [2.45, 2.75) is 45.9 Å². The smallest absolute Gasteiger partial charge is 0.407 e. The number of fused-ring (bicyclic) bond motifs is 1. The van der Waals surface area contributed by atoms with Gasteiger partial charge in [0, 0.05) is 30.1 Å². The van der Waals surface area contributed by atoms with Gasteiger partial charge < -0.3 is 19.8 Å². The Kier molecular flexibility index (Phi) is 5.55. The Labute approximate surface area is 141 Å². The van der Waals surface area contributed by atoms with Crippen molar-refractivity contribution in [2.24, 2.45) is 0 Å². The van der Waals surface area contributed by atoms with E-state index in [4.69, 9.17) is 20.8 Å². The molecule has 1 amide bonds. The van der Waals surface area contributed by atoms with Crippen LogP contribution in [0.2, 0.25) is 5.22 Å². The summed E-state index contributed by atoms with van der Waals surface area (Å²) in [4.78, 5) is 11.7. The van der Waals surface area contributed by atoms with E-state index >= 15 is 0 Å². The molecule has 2 aromatic rings. The Balaban J connectivity index is 1.84. The normalized spacial score (nSPS) is 13.1. The first-order chi connectivity index (χ1) is 10.8. The second-order valence-electron chi connectivity index (χ2n) is 6.53. The van der Waals surface area contributed by atoms with Crippen molar-refractivity contribution < 1.29 is 13.9 Å². The molecule has 23 heavy (non-hydrogen) atoms. The number of benzene rings is 1. The number of furan rings is 1. The number of amides is 1. The summed E-state index contributed by atoms with van der Waals surface area (Å²) in [5.41, 5.74) is 1.20. The van der Waals surface area contributed by atoms with Crippen molar-refractivity contribution in [1.29, 1.82) is 0 Å². The van der Waals surface area contributed by atoms with Gasteiger partial charge in [0.1, 0.15) is 11.2 Å². The number of carbonyl (C=O) groups is 1. The third-order valence-corrected chi connectivity index (χ3v) is 3.47. The highest BCUT2D eigenvalue weighted by atomic mass is 35.5. The molecule has 126 valence electrons. The van der Waals surface area contributed by atoms with Gasteiger partial charge in [0.15, 0.2) is 5.22 Å². The summed E-state index contributed by atoms with van der Waals surface area (Å²) in [6.07, 6.45) is -0.418. The molecule has 0 aliphatic heterocycles. The molecule has 0 fully saturated rings. The number of nitrogens with one attached hydrogen (secondary N) is 2. The molecule has 0 saturated carbocycles. The van der Waals surface area contributed by atoms with Crippen LogP contribution in [0.3, 0.4) is 0 Å². The number of hydrogen-bond donors (Lipinski definition) is 2. The van der Waals surface area contributed by atoms with Gasteiger partial charge in [-0.3, -0.25) is 0 Å². The summed E-state index contributed by atoms with van der Waals surface area (Å²) in [5, 5.41) is 7.46. The van der Waals surface area contributed by atoms with Gasteiger partial charge in [0.25, 0.3) is 0 Å². The summed E-state index contributed by atoms with van der Waals surface area (Å²) in [7, 11) is 0. The molecule has 1 atom stereocenters. The minimum Gasteiger partial charge on any atom is -0.444 e. The van der Waals surface area contributed by atoms with Crippen molar-refractivity contribution in [3.8, 4) is 0 Å². The zero-order chi connectivity index (χ0) is 17.0. The van der Waals surface area contributed by atoms with Crippen molar-refractivity contribution in [1.82, 2.24) is 10.6 Å². The van der Waals surface area contributed by atoms with Crippen LogP contribution in [0.15, 0.2) is 28.7 Å². The fourth-order valence-corrected chi connectivity index (χ4v) is 2.46. The van der Waals surface area contributed by atoms with Crippen LogP contribution < -0.4 is 10.6 Å². The highest BCUT2D eigenvalue weighted by Gasteiger charge is 2.18. The minimum absolute atomic E-state index is 0.0678. The second kappa shape index (κ2) is 7.23. The average Bonchev–Trinajstić information content (AvgIpc) is 2.73. The van der Waals surface area contributed by atoms with Crippen molar-refractivity contribution >= 4 is 28.7 Å². The first-order valence-electron chi connectivity index (χ1n) is 7.62. The Morgan fingerprint density at radius 3 is 2.74 bits per heavy atom. The second-order valence-corrected chi connectivity index (χ2v) is 6.87. The number of ether oxygens (including phenoxy) is 1. The van der Waals surface area contributed by atoms with E-state index in [1.165, 1.54) is 0 Å². The van der Waals surface area contributed by atoms with Crippen molar-refractivity contribution in [3.05, 3.63) is 35.0 Å². The van der Waals surface area contributed by atoms with Crippen LogP contribution in [0.25, 0.3) is 11.0 Å². The van der Waals surface area contributed by atoms with Crippen LogP contribution in [-0.2, 0) is 11.3 Å². The van der Waals surface area contributed by atoms with E-state index in [0.29, 0.717) is 18.3 Å². The monoisotopic (exact) mass is 338 g/mol. The molecule has 2 N–H and O–H groups in total. The predicted molar refractivity (Wildman–Crippen MR) is 91.8 cm³/mol. The molecule has 0 spiro atoms. The zero-order valence-electron chi connectivity index (χ0n) is 13.9. The lowest BCUT2D eigenvalue weighted by molar-refractivity contribution is 0.0508. The molecule has 1 heterocycles. The van der Waals surface area contributed by atoms with Gasteiger partial charge in [-0.05, 0) is 45.4 Å². The van der Waals surface area contributed by atoms with Gasteiger partial charge in [0.2, 0.25) is 0 Å². The zero-order valence-corrected chi connectivity index (χ0v) is 14.7. The molecular weight excluding hydrogens is 316 g/mol. The Bertz CT molecular complexity index is 676. The molecule has 0 radical (unpaired) electrons. The number of alkyl carbamates (subject to hydrolysis) is 1. The van der Waals surface area contributed by atoms with E-state index in [0.717, 1.165) is 16.5 Å². The number of carbonyl (C=O) groups excluding carboxylic acids is 1. The maximum atomic E-state index is 11.7. The number of halogens is 1. The SMILES string of the molecule is CC(CNCc1c(Cl)oc2ccccc12)NC(=O)OC(C)(C)C. The molecule has 1 aromatic heterocycles. The first kappa shape index (κ1) is 17.6. The van der Waals surface area contributed by atoms with E-state index in [1.54, 1.807) is 0 Å². The Morgan fingerprint density at radius 1 is 1.35 bits per heavy atom. The molecule has 6 heteroatoms. The van der Waals surface area contributed by atoms with Gasteiger partial charge in [-0.1, -0.05) is 18.2 Å². The van der Waals surface area contributed by atoms with Gasteiger partial charge in [0.05, 0.1) is 0 Å². The van der Waals surface area contributed by atoms with Crippen LogP contribution in [0.1, 0.15) is 33.3 Å². The van der Waals surface area contributed by atoms with Crippen LogP contribution >= 0.6 is 11.6 Å². The molecule has 2 rings (SSSR count). The van der Waals surface area contributed by atoms with Gasteiger partial charge in [-0.15, -0.1) is 0 Å². The topological polar surface area (TPSA) is 63.5 Å². The van der Waals surface area contributed by atoms with E-state index < -0.39 is 11.7 Å². The highest BCUT2D eigenvalue weighted by molar-refractivity contribution is 6.30. The van der Waals surface area contributed by atoms with Crippen molar-refractivity contribution in [2.75, 3.05) is 6.54 Å². The Hall–Kier alpha value is -1.72. The van der Waals surface area contributed by atoms with E-state index in [1.807, 2.05) is 52.0 Å². The van der Waals surface area contributed by atoms with E-state index in [9.17, 15) is 4.79 Å². The maximum absolute atomic E-state index is 11.7. The van der Waals surface area contributed by atoms with Gasteiger partial charge >= 0.3 is 6.09 Å². The molecule has 0 bridgehead atoms. The molecule has 1 unspecified atom stereocenters. The molecular formula is C17H23ClN2O3. The lowest BCUT2D eigenvalue weighted by Crippen LogP contribution is -2.42. The summed E-state index contributed by atoms with van der Waals surface area (Å²) in [5.74, 6) is 0. The third-order valence-electron chi connectivity index (χ3n) is 3.16. The van der Waals surface area contributed by atoms with Crippen LogP contribution in [0.4, 0.5) is 4.79 Å². The minimum atomic E-state index is -0.500. The summed E-state index contributed by atoms with van der Waals surface area (Å²) in [6, 6.07) is 7.65. The van der Waals surface area contributed by atoms with E-state index in [-0.39, 0.29) is 6.04 Å². The average molecular weight is 339 g/mol. The predicted octanol–water partition coefficient (Wildman–Crippen LogP) is 4.09. The molecule has 1 aromatic carbocycles. The summed E-state index contributed by atoms with van der Waals surface area (Å²) in [6.45, 7) is 8.57. The Morgan fingerprint density at radius 2 is 2.04 bits per heavy atom. The maximum Gasteiger partial charge on any atom is 0.407 e. The number of para-hydroxylation sites is 1.